The Hall–Kier alpha value is -2.96. The molecule has 0 saturated carbocycles. The quantitative estimate of drug-likeness (QED) is 0.623. The molecule has 154 valence electrons. The van der Waals surface area contributed by atoms with Gasteiger partial charge in [0.2, 0.25) is 0 Å². The van der Waals surface area contributed by atoms with Gasteiger partial charge in [-0.25, -0.2) is 0 Å². The summed E-state index contributed by atoms with van der Waals surface area (Å²) in [6, 6.07) is 21.4. The third-order valence-electron chi connectivity index (χ3n) is 5.34. The van der Waals surface area contributed by atoms with Gasteiger partial charge in [0.1, 0.15) is 0 Å². The van der Waals surface area contributed by atoms with Gasteiger partial charge in [-0.2, -0.15) is 0 Å². The molecule has 1 fully saturated rings. The molecule has 1 aromatic heterocycles. The smallest absolute Gasteiger partial charge is 0.265 e. The van der Waals surface area contributed by atoms with Gasteiger partial charge in [0.15, 0.2) is 0 Å². The fourth-order valence-corrected chi connectivity index (χ4v) is 4.34. The van der Waals surface area contributed by atoms with Crippen LogP contribution in [0.4, 0.5) is 5.69 Å². The van der Waals surface area contributed by atoms with Gasteiger partial charge in [-0.1, -0.05) is 48.5 Å². The van der Waals surface area contributed by atoms with E-state index >= 15 is 0 Å². The Kier molecular flexibility index (Phi) is 6.57. The normalized spacial score (nSPS) is 14.9. The number of hydrogen-bond acceptors (Lipinski definition) is 4. The van der Waals surface area contributed by atoms with Gasteiger partial charge in [0.05, 0.1) is 16.1 Å². The molecule has 0 bridgehead atoms. The highest BCUT2D eigenvalue weighted by molar-refractivity contribution is 7.12. The molecule has 6 heteroatoms. The lowest BCUT2D eigenvalue weighted by atomic mass is 10.0. The van der Waals surface area contributed by atoms with Gasteiger partial charge in [0, 0.05) is 25.7 Å². The van der Waals surface area contributed by atoms with Crippen LogP contribution in [0, 0.1) is 0 Å². The first kappa shape index (κ1) is 20.3. The molecule has 1 aliphatic heterocycles. The van der Waals surface area contributed by atoms with E-state index in [9.17, 15) is 9.59 Å². The van der Waals surface area contributed by atoms with Gasteiger partial charge in [-0.05, 0) is 42.0 Å². The van der Waals surface area contributed by atoms with Gasteiger partial charge >= 0.3 is 0 Å². The zero-order valence-electron chi connectivity index (χ0n) is 16.7. The number of likely N-dealkylation sites (tertiary alicyclic amines) is 1. The van der Waals surface area contributed by atoms with E-state index in [2.05, 4.69) is 39.8 Å². The predicted molar refractivity (Wildman–Crippen MR) is 121 cm³/mol. The van der Waals surface area contributed by atoms with Crippen molar-refractivity contribution in [3.8, 4) is 0 Å². The van der Waals surface area contributed by atoms with Gasteiger partial charge in [-0.15, -0.1) is 11.3 Å². The zero-order valence-corrected chi connectivity index (χ0v) is 17.5. The monoisotopic (exact) mass is 419 g/mol. The second-order valence-corrected chi connectivity index (χ2v) is 8.43. The summed E-state index contributed by atoms with van der Waals surface area (Å²) in [6.07, 6.45) is 1.84. The third kappa shape index (κ3) is 5.14. The number of para-hydroxylation sites is 1. The van der Waals surface area contributed by atoms with Crippen molar-refractivity contribution in [1.29, 1.82) is 0 Å². The number of benzene rings is 2. The average molecular weight is 420 g/mol. The summed E-state index contributed by atoms with van der Waals surface area (Å²) >= 11 is 1.38. The van der Waals surface area contributed by atoms with Crippen LogP contribution in [0.25, 0.3) is 0 Å². The molecular weight excluding hydrogens is 394 g/mol. The van der Waals surface area contributed by atoms with E-state index in [1.54, 1.807) is 18.2 Å². The molecule has 0 atom stereocenters. The van der Waals surface area contributed by atoms with Crippen molar-refractivity contribution in [2.24, 2.45) is 0 Å². The molecule has 2 aromatic carbocycles. The van der Waals surface area contributed by atoms with E-state index in [1.165, 1.54) is 16.9 Å². The molecule has 0 aliphatic carbocycles. The number of nitrogens with zero attached hydrogens (tertiary/aromatic N) is 1. The number of anilines is 1. The van der Waals surface area contributed by atoms with E-state index in [0.29, 0.717) is 16.1 Å². The second-order valence-electron chi connectivity index (χ2n) is 7.49. The van der Waals surface area contributed by atoms with Crippen LogP contribution in [0.15, 0.2) is 72.1 Å². The summed E-state index contributed by atoms with van der Waals surface area (Å²) in [5.74, 6) is -0.335. The van der Waals surface area contributed by atoms with Gasteiger partial charge < -0.3 is 10.6 Å². The molecule has 2 heterocycles. The Labute approximate surface area is 180 Å². The van der Waals surface area contributed by atoms with Crippen LogP contribution in [-0.2, 0) is 6.54 Å². The minimum atomic E-state index is -0.195. The standard InChI is InChI=1S/C24H25N3O2S/c28-23(20-9-4-5-10-21(20)26-24(29)22-11-6-16-30-22)25-19-12-14-27(15-13-19)17-18-7-2-1-3-8-18/h1-11,16,19H,12-15,17H2,(H,25,28)(H,26,29). The first-order valence-electron chi connectivity index (χ1n) is 10.2. The van der Waals surface area contributed by atoms with Crippen LogP contribution < -0.4 is 10.6 Å². The van der Waals surface area contributed by atoms with Crippen LogP contribution in [0.2, 0.25) is 0 Å². The number of piperidine rings is 1. The van der Waals surface area contributed by atoms with Crippen LogP contribution >= 0.6 is 11.3 Å². The SMILES string of the molecule is O=C(Nc1ccccc1C(=O)NC1CCN(Cc2ccccc2)CC1)c1cccs1. The van der Waals surface area contributed by atoms with Crippen LogP contribution in [-0.4, -0.2) is 35.8 Å². The molecular formula is C24H25N3O2S. The molecule has 2 amide bonds. The highest BCUT2D eigenvalue weighted by atomic mass is 32.1. The minimum Gasteiger partial charge on any atom is -0.349 e. The number of rotatable bonds is 6. The Morgan fingerprint density at radius 2 is 1.63 bits per heavy atom. The first-order chi connectivity index (χ1) is 14.7. The molecule has 2 N–H and O–H groups in total. The predicted octanol–water partition coefficient (Wildman–Crippen LogP) is 4.39. The third-order valence-corrected chi connectivity index (χ3v) is 6.21. The van der Waals surface area contributed by atoms with Crippen molar-refractivity contribution >= 4 is 28.8 Å². The van der Waals surface area contributed by atoms with Crippen LogP contribution in [0.1, 0.15) is 38.4 Å². The maximum absolute atomic E-state index is 12.9. The van der Waals surface area contributed by atoms with Crippen molar-refractivity contribution in [3.05, 3.63) is 88.1 Å². The topological polar surface area (TPSA) is 61.4 Å². The molecule has 3 aromatic rings. The van der Waals surface area contributed by atoms with E-state index < -0.39 is 0 Å². The summed E-state index contributed by atoms with van der Waals surface area (Å²) in [5, 5.41) is 7.88. The van der Waals surface area contributed by atoms with Crippen molar-refractivity contribution in [1.82, 2.24) is 10.2 Å². The molecule has 1 aliphatic rings. The molecule has 1 saturated heterocycles. The van der Waals surface area contributed by atoms with Crippen molar-refractivity contribution in [2.45, 2.75) is 25.4 Å². The second kappa shape index (κ2) is 9.69. The number of carbonyl (C=O) groups is 2. The van der Waals surface area contributed by atoms with Gasteiger partial charge in [-0.3, -0.25) is 14.5 Å². The Balaban J connectivity index is 1.33. The Morgan fingerprint density at radius 1 is 0.900 bits per heavy atom. The first-order valence-corrected chi connectivity index (χ1v) is 11.1. The fraction of sp³-hybridized carbons (Fsp3) is 0.250. The van der Waals surface area contributed by atoms with E-state index in [0.717, 1.165) is 32.5 Å². The number of amides is 2. The van der Waals surface area contributed by atoms with Crippen LogP contribution in [0.3, 0.4) is 0 Å². The molecule has 0 spiro atoms. The van der Waals surface area contributed by atoms with Crippen LogP contribution in [0.5, 0.6) is 0 Å². The minimum absolute atomic E-state index is 0.140. The molecule has 30 heavy (non-hydrogen) atoms. The van der Waals surface area contributed by atoms with E-state index in [-0.39, 0.29) is 17.9 Å². The summed E-state index contributed by atoms with van der Waals surface area (Å²) in [5.41, 5.74) is 2.35. The Morgan fingerprint density at radius 3 is 2.37 bits per heavy atom. The highest BCUT2D eigenvalue weighted by Gasteiger charge is 2.22. The van der Waals surface area contributed by atoms with Crippen molar-refractivity contribution < 1.29 is 9.59 Å². The van der Waals surface area contributed by atoms with Gasteiger partial charge in [0.25, 0.3) is 11.8 Å². The molecule has 4 rings (SSSR count). The lowest BCUT2D eigenvalue weighted by molar-refractivity contribution is 0.0910. The lowest BCUT2D eigenvalue weighted by Crippen LogP contribution is -2.44. The van der Waals surface area contributed by atoms with Crippen molar-refractivity contribution in [3.63, 3.8) is 0 Å². The number of nitrogens with one attached hydrogen (secondary N) is 2. The maximum atomic E-state index is 12.9. The molecule has 0 radical (unpaired) electrons. The summed E-state index contributed by atoms with van der Waals surface area (Å²) in [6.45, 7) is 2.85. The Bertz CT molecular complexity index is 981. The fourth-order valence-electron chi connectivity index (χ4n) is 3.72. The van der Waals surface area contributed by atoms with Crippen molar-refractivity contribution in [2.75, 3.05) is 18.4 Å². The van der Waals surface area contributed by atoms with E-state index in [4.69, 9.17) is 0 Å². The largest absolute Gasteiger partial charge is 0.349 e. The lowest BCUT2D eigenvalue weighted by Gasteiger charge is -2.32. The maximum Gasteiger partial charge on any atom is 0.265 e. The number of carbonyl (C=O) groups excluding carboxylic acids is 2. The number of thiophene rings is 1. The molecule has 5 nitrogen and oxygen atoms in total. The summed E-state index contributed by atoms with van der Waals surface area (Å²) in [7, 11) is 0. The number of hydrogen-bond donors (Lipinski definition) is 2. The molecule has 0 unspecified atom stereocenters. The highest BCUT2D eigenvalue weighted by Crippen LogP contribution is 2.20. The average Bonchev–Trinajstić information content (AvgIpc) is 3.31. The summed E-state index contributed by atoms with van der Waals surface area (Å²) < 4.78 is 0. The zero-order chi connectivity index (χ0) is 20.8. The van der Waals surface area contributed by atoms with E-state index in [1.807, 2.05) is 29.6 Å². The summed E-state index contributed by atoms with van der Waals surface area (Å²) in [4.78, 5) is 28.3.